The molecule has 1 heterocycles. The van der Waals surface area contributed by atoms with Gasteiger partial charge in [-0.15, -0.1) is 0 Å². The van der Waals surface area contributed by atoms with E-state index in [1.165, 1.54) is 11.8 Å². The molecule has 0 atom stereocenters. The Morgan fingerprint density at radius 1 is 1.15 bits per heavy atom. The molecule has 0 aliphatic carbocycles. The van der Waals surface area contributed by atoms with Crippen LogP contribution in [0.4, 0.5) is 5.69 Å². The Kier molecular flexibility index (Phi) is 7.36. The van der Waals surface area contributed by atoms with E-state index in [0.29, 0.717) is 32.8 Å². The van der Waals surface area contributed by atoms with Crippen molar-refractivity contribution in [2.45, 2.75) is 13.5 Å². The fourth-order valence-electron chi connectivity index (χ4n) is 3.26. The van der Waals surface area contributed by atoms with Crippen LogP contribution >= 0.6 is 27.7 Å². The predicted molar refractivity (Wildman–Crippen MR) is 138 cm³/mol. The van der Waals surface area contributed by atoms with Crippen LogP contribution in [0.2, 0.25) is 0 Å². The third-order valence-electron chi connectivity index (χ3n) is 4.98. The molecule has 0 unspecified atom stereocenters. The van der Waals surface area contributed by atoms with E-state index in [4.69, 9.17) is 9.47 Å². The average molecular weight is 534 g/mol. The maximum Gasteiger partial charge on any atom is 0.264 e. The Labute approximate surface area is 210 Å². The molecular formula is C26H20BrN3O3S. The molecule has 170 valence electrons. The first kappa shape index (κ1) is 23.6. The van der Waals surface area contributed by atoms with E-state index in [2.05, 4.69) is 32.3 Å². The highest BCUT2D eigenvalue weighted by molar-refractivity contribution is 9.10. The summed E-state index contributed by atoms with van der Waals surface area (Å²) in [7, 11) is 1.59. The number of aryl methyl sites for hydroxylation is 1. The summed E-state index contributed by atoms with van der Waals surface area (Å²) in [4.78, 5) is 17.6. The van der Waals surface area contributed by atoms with E-state index < -0.39 is 0 Å². The first-order valence-electron chi connectivity index (χ1n) is 10.3. The number of amidine groups is 1. The average Bonchev–Trinajstić information content (AvgIpc) is 3.17. The van der Waals surface area contributed by atoms with Crippen molar-refractivity contribution in [1.82, 2.24) is 5.32 Å². The molecule has 8 heteroatoms. The number of nitrogens with zero attached hydrogens (tertiary/aromatic N) is 2. The minimum atomic E-state index is -0.208. The van der Waals surface area contributed by atoms with Gasteiger partial charge in [-0.05, 0) is 82.2 Å². The van der Waals surface area contributed by atoms with Gasteiger partial charge in [0.25, 0.3) is 5.91 Å². The lowest BCUT2D eigenvalue weighted by Gasteiger charge is -2.10. The molecule has 0 spiro atoms. The van der Waals surface area contributed by atoms with E-state index >= 15 is 0 Å². The maximum absolute atomic E-state index is 12.5. The standard InChI is InChI=1S/C26H20BrN3O3S/c1-16-7-9-23(32-2)21(11-16)29-26-30-25(31)24(34-26)13-17-8-10-22(20(27)12-17)33-15-19-6-4-3-5-18(19)14-28/h3-13H,15H2,1-2H3,(H,29,30,31)/b24-13-. The summed E-state index contributed by atoms with van der Waals surface area (Å²) in [5, 5.41) is 12.5. The van der Waals surface area contributed by atoms with Gasteiger partial charge in [-0.25, -0.2) is 4.99 Å². The number of hydrogen-bond donors (Lipinski definition) is 1. The van der Waals surface area contributed by atoms with Crippen LogP contribution in [-0.4, -0.2) is 18.2 Å². The number of nitriles is 1. The summed E-state index contributed by atoms with van der Waals surface area (Å²) >= 11 is 4.81. The zero-order chi connectivity index (χ0) is 24.1. The number of methoxy groups -OCH3 is 1. The second-order valence-corrected chi connectivity index (χ2v) is 9.29. The number of rotatable bonds is 6. The summed E-state index contributed by atoms with van der Waals surface area (Å²) in [6.07, 6.45) is 1.80. The monoisotopic (exact) mass is 533 g/mol. The normalized spacial score (nSPS) is 15.3. The van der Waals surface area contributed by atoms with Crippen molar-refractivity contribution < 1.29 is 14.3 Å². The number of nitrogens with one attached hydrogen (secondary N) is 1. The first-order chi connectivity index (χ1) is 16.5. The highest BCUT2D eigenvalue weighted by atomic mass is 79.9. The Bertz CT molecular complexity index is 1360. The second-order valence-electron chi connectivity index (χ2n) is 7.40. The number of hydrogen-bond acceptors (Lipinski definition) is 6. The zero-order valence-electron chi connectivity index (χ0n) is 18.5. The van der Waals surface area contributed by atoms with Gasteiger partial charge in [0.1, 0.15) is 23.8 Å². The van der Waals surface area contributed by atoms with Gasteiger partial charge in [-0.2, -0.15) is 5.26 Å². The van der Waals surface area contributed by atoms with Crippen molar-refractivity contribution in [2.75, 3.05) is 7.11 Å². The molecule has 1 fully saturated rings. The predicted octanol–water partition coefficient (Wildman–Crippen LogP) is 6.11. The number of halogens is 1. The first-order valence-corrected chi connectivity index (χ1v) is 11.9. The van der Waals surface area contributed by atoms with Crippen LogP contribution in [0.25, 0.3) is 6.08 Å². The molecule has 6 nitrogen and oxygen atoms in total. The lowest BCUT2D eigenvalue weighted by molar-refractivity contribution is -0.115. The van der Waals surface area contributed by atoms with E-state index in [9.17, 15) is 10.1 Å². The third kappa shape index (κ3) is 5.50. The Morgan fingerprint density at radius 3 is 2.71 bits per heavy atom. The molecule has 1 saturated heterocycles. The van der Waals surface area contributed by atoms with Crippen molar-refractivity contribution in [2.24, 2.45) is 4.99 Å². The number of ether oxygens (including phenoxy) is 2. The van der Waals surface area contributed by atoms with Crippen molar-refractivity contribution in [3.8, 4) is 17.6 Å². The number of carbonyl (C=O) groups excluding carboxylic acids is 1. The fourth-order valence-corrected chi connectivity index (χ4v) is 4.61. The van der Waals surface area contributed by atoms with Crippen LogP contribution in [0.1, 0.15) is 22.3 Å². The van der Waals surface area contributed by atoms with Crippen LogP contribution < -0.4 is 14.8 Å². The molecule has 3 aromatic rings. The molecule has 1 N–H and O–H groups in total. The van der Waals surface area contributed by atoms with E-state index in [-0.39, 0.29) is 12.5 Å². The van der Waals surface area contributed by atoms with Crippen LogP contribution in [-0.2, 0) is 11.4 Å². The quantitative estimate of drug-likeness (QED) is 0.386. The molecule has 34 heavy (non-hydrogen) atoms. The van der Waals surface area contributed by atoms with Gasteiger partial charge in [0.05, 0.1) is 28.1 Å². The largest absolute Gasteiger partial charge is 0.494 e. The number of aliphatic imine (C=N–C) groups is 1. The van der Waals surface area contributed by atoms with E-state index in [1.54, 1.807) is 19.3 Å². The maximum atomic E-state index is 12.5. The third-order valence-corrected chi connectivity index (χ3v) is 6.51. The summed E-state index contributed by atoms with van der Waals surface area (Å²) in [5.41, 5.74) is 3.95. The Hall–Kier alpha value is -3.54. The molecule has 4 rings (SSSR count). The topological polar surface area (TPSA) is 83.7 Å². The van der Waals surface area contributed by atoms with Gasteiger partial charge in [-0.3, -0.25) is 4.79 Å². The molecule has 1 amide bonds. The molecule has 0 aromatic heterocycles. The van der Waals surface area contributed by atoms with E-state index in [0.717, 1.165) is 21.2 Å². The number of amides is 1. The summed E-state index contributed by atoms with van der Waals surface area (Å²) < 4.78 is 12.0. The van der Waals surface area contributed by atoms with Crippen molar-refractivity contribution in [3.05, 3.63) is 92.3 Å². The van der Waals surface area contributed by atoms with Gasteiger partial charge >= 0.3 is 0 Å². The summed E-state index contributed by atoms with van der Waals surface area (Å²) in [6, 6.07) is 20.8. The highest BCUT2D eigenvalue weighted by Crippen LogP contribution is 2.34. The highest BCUT2D eigenvalue weighted by Gasteiger charge is 2.24. The Balaban J connectivity index is 1.49. The van der Waals surface area contributed by atoms with Crippen molar-refractivity contribution >= 4 is 50.5 Å². The number of carbonyl (C=O) groups is 1. The lowest BCUT2D eigenvalue weighted by Crippen LogP contribution is -2.19. The molecule has 0 bridgehead atoms. The summed E-state index contributed by atoms with van der Waals surface area (Å²) in [6.45, 7) is 2.26. The molecule has 1 aliphatic rings. The van der Waals surface area contributed by atoms with Gasteiger partial charge in [0.2, 0.25) is 0 Å². The fraction of sp³-hybridized carbons (Fsp3) is 0.115. The zero-order valence-corrected chi connectivity index (χ0v) is 20.9. The van der Waals surface area contributed by atoms with Crippen LogP contribution in [0.15, 0.2) is 75.0 Å². The van der Waals surface area contributed by atoms with Gasteiger partial charge < -0.3 is 14.8 Å². The molecule has 3 aromatic carbocycles. The minimum Gasteiger partial charge on any atom is -0.494 e. The second kappa shape index (κ2) is 10.6. The minimum absolute atomic E-state index is 0.208. The van der Waals surface area contributed by atoms with Crippen molar-refractivity contribution in [3.63, 3.8) is 0 Å². The van der Waals surface area contributed by atoms with Crippen LogP contribution in [0.5, 0.6) is 11.5 Å². The van der Waals surface area contributed by atoms with E-state index in [1.807, 2.05) is 61.5 Å². The number of thioether (sulfide) groups is 1. The Morgan fingerprint density at radius 2 is 1.94 bits per heavy atom. The summed E-state index contributed by atoms with van der Waals surface area (Å²) in [5.74, 6) is 1.08. The van der Waals surface area contributed by atoms with Gasteiger partial charge in [0, 0.05) is 5.56 Å². The SMILES string of the molecule is COc1ccc(C)cc1N=C1NC(=O)/C(=C/c2ccc(OCc3ccccc3C#N)c(Br)c2)S1. The molecule has 0 saturated carbocycles. The van der Waals surface area contributed by atoms with Gasteiger partial charge in [0.15, 0.2) is 5.17 Å². The smallest absolute Gasteiger partial charge is 0.264 e. The molecule has 0 radical (unpaired) electrons. The van der Waals surface area contributed by atoms with Gasteiger partial charge in [-0.1, -0.05) is 30.3 Å². The van der Waals surface area contributed by atoms with Crippen molar-refractivity contribution in [1.29, 1.82) is 5.26 Å². The molecular weight excluding hydrogens is 514 g/mol. The number of benzene rings is 3. The molecule has 1 aliphatic heterocycles. The lowest BCUT2D eigenvalue weighted by atomic mass is 10.1. The van der Waals surface area contributed by atoms with Crippen LogP contribution in [0, 0.1) is 18.3 Å². The van der Waals surface area contributed by atoms with Crippen LogP contribution in [0.3, 0.4) is 0 Å².